The molecule has 6 rings (SSSR count). The van der Waals surface area contributed by atoms with E-state index < -0.39 is 5.60 Å². The Labute approximate surface area is 252 Å². The molecule has 9 nitrogen and oxygen atoms in total. The lowest BCUT2D eigenvalue weighted by atomic mass is 9.91. The Balaban J connectivity index is 0.00000185. The van der Waals surface area contributed by atoms with Crippen LogP contribution in [0, 0.1) is 0 Å². The van der Waals surface area contributed by atoms with Gasteiger partial charge in [-0.15, -0.1) is 36.2 Å². The summed E-state index contributed by atoms with van der Waals surface area (Å²) in [5, 5.41) is 16.6. The third-order valence-electron chi connectivity index (χ3n) is 7.32. The molecule has 3 N–H and O–H groups in total. The molecule has 0 saturated carbocycles. The fourth-order valence-corrected chi connectivity index (χ4v) is 6.52. The van der Waals surface area contributed by atoms with Crippen LogP contribution >= 0.6 is 47.8 Å². The zero-order valence-electron chi connectivity index (χ0n) is 21.8. The first-order valence-corrected chi connectivity index (χ1v) is 13.7. The van der Waals surface area contributed by atoms with Gasteiger partial charge in [-0.05, 0) is 30.5 Å². The third-order valence-corrected chi connectivity index (χ3v) is 8.89. The van der Waals surface area contributed by atoms with E-state index in [-0.39, 0.29) is 36.9 Å². The number of aryl methyl sites for hydroxylation is 1. The monoisotopic (exact) mass is 621 g/mol. The lowest BCUT2D eigenvalue weighted by molar-refractivity contribution is -0.0363. The van der Waals surface area contributed by atoms with Crippen molar-refractivity contribution in [2.24, 2.45) is 12.8 Å². The average Bonchev–Trinajstić information content (AvgIpc) is 3.48. The summed E-state index contributed by atoms with van der Waals surface area (Å²) in [6.07, 6.45) is 4.37. The summed E-state index contributed by atoms with van der Waals surface area (Å²) < 4.78 is 4.18. The molecule has 5 aromatic rings. The zero-order chi connectivity index (χ0) is 26.4. The van der Waals surface area contributed by atoms with Crippen LogP contribution in [-0.2, 0) is 26.7 Å². The molecule has 212 valence electrons. The van der Waals surface area contributed by atoms with E-state index in [4.69, 9.17) is 17.3 Å². The van der Waals surface area contributed by atoms with E-state index in [2.05, 4.69) is 26.0 Å². The predicted molar refractivity (Wildman–Crippen MR) is 165 cm³/mol. The Kier molecular flexibility index (Phi) is 9.21. The minimum absolute atomic E-state index is 0. The summed E-state index contributed by atoms with van der Waals surface area (Å²) in [6, 6.07) is 11.7. The van der Waals surface area contributed by atoms with E-state index in [0.29, 0.717) is 30.4 Å². The second kappa shape index (κ2) is 12.1. The predicted octanol–water partition coefficient (Wildman–Crippen LogP) is 4.39. The Morgan fingerprint density at radius 1 is 1.10 bits per heavy atom. The van der Waals surface area contributed by atoms with Gasteiger partial charge in [0.2, 0.25) is 0 Å². The van der Waals surface area contributed by atoms with Crippen molar-refractivity contribution in [2.75, 3.05) is 13.1 Å². The minimum Gasteiger partial charge on any atom is -0.388 e. The van der Waals surface area contributed by atoms with E-state index in [1.165, 1.54) is 15.8 Å². The van der Waals surface area contributed by atoms with Crippen molar-refractivity contribution in [3.63, 3.8) is 0 Å². The number of aromatic nitrogens is 5. The van der Waals surface area contributed by atoms with Crippen LogP contribution in [0.3, 0.4) is 0 Å². The van der Waals surface area contributed by atoms with Gasteiger partial charge in [-0.2, -0.15) is 5.10 Å². The van der Waals surface area contributed by atoms with Gasteiger partial charge in [-0.25, -0.2) is 4.98 Å². The zero-order valence-corrected chi connectivity index (χ0v) is 25.0. The van der Waals surface area contributed by atoms with Gasteiger partial charge in [0.05, 0.1) is 39.4 Å². The van der Waals surface area contributed by atoms with Gasteiger partial charge >= 0.3 is 0 Å². The maximum atomic E-state index is 13.4. The second-order valence-corrected chi connectivity index (χ2v) is 11.5. The number of aliphatic hydroxyl groups is 1. The number of halogens is 3. The molecule has 1 aromatic carbocycles. The van der Waals surface area contributed by atoms with Crippen LogP contribution in [-0.4, -0.2) is 53.0 Å². The molecule has 40 heavy (non-hydrogen) atoms. The first kappa shape index (κ1) is 30.4. The van der Waals surface area contributed by atoms with Crippen LogP contribution in [0.5, 0.6) is 0 Å². The lowest BCUT2D eigenvalue weighted by Gasteiger charge is -2.38. The Morgan fingerprint density at radius 3 is 2.50 bits per heavy atom. The maximum absolute atomic E-state index is 13.4. The molecule has 0 spiro atoms. The van der Waals surface area contributed by atoms with Crippen LogP contribution in [0.15, 0.2) is 53.7 Å². The van der Waals surface area contributed by atoms with E-state index >= 15 is 0 Å². The third kappa shape index (κ3) is 5.75. The molecule has 13 heteroatoms. The molecule has 5 heterocycles. The molecule has 1 aliphatic heterocycles. The number of hydrogen-bond acceptors (Lipinski definition) is 8. The molecule has 0 atom stereocenters. The van der Waals surface area contributed by atoms with Crippen molar-refractivity contribution >= 4 is 69.0 Å². The topological polar surface area (TPSA) is 115 Å². The fraction of sp³-hybridized carbons (Fsp3) is 0.333. The highest BCUT2D eigenvalue weighted by molar-refractivity contribution is 7.19. The SMILES string of the molecule is Cl.Cl.Cn1nc2c(=O)n(CC3(O)CCN(Cc4cc5nccc(Cl)c5s4)CC3)cnc2c1-c1ccc(CN)cc1. The quantitative estimate of drug-likeness (QED) is 0.289. The summed E-state index contributed by atoms with van der Waals surface area (Å²) in [5.74, 6) is 0. The normalized spacial score (nSPS) is 15.2. The summed E-state index contributed by atoms with van der Waals surface area (Å²) in [7, 11) is 1.81. The van der Waals surface area contributed by atoms with Crippen molar-refractivity contribution < 1.29 is 5.11 Å². The summed E-state index contributed by atoms with van der Waals surface area (Å²) in [5.41, 5.74) is 8.96. The average molecular weight is 623 g/mol. The summed E-state index contributed by atoms with van der Waals surface area (Å²) in [6.45, 7) is 2.88. The number of fused-ring (bicyclic) bond motifs is 2. The Bertz CT molecular complexity index is 1690. The van der Waals surface area contributed by atoms with E-state index in [1.54, 1.807) is 22.2 Å². The van der Waals surface area contributed by atoms with Crippen LogP contribution in [0.25, 0.3) is 32.5 Å². The van der Waals surface area contributed by atoms with Gasteiger partial charge in [0, 0.05) is 49.9 Å². The highest BCUT2D eigenvalue weighted by Gasteiger charge is 2.33. The minimum atomic E-state index is -0.990. The molecule has 0 aliphatic carbocycles. The van der Waals surface area contributed by atoms with Crippen LogP contribution in [0.4, 0.5) is 0 Å². The molecular formula is C27H30Cl3N7O2S. The van der Waals surface area contributed by atoms with Crippen molar-refractivity contribution in [2.45, 2.75) is 38.1 Å². The van der Waals surface area contributed by atoms with Gasteiger partial charge in [0.25, 0.3) is 5.56 Å². The van der Waals surface area contributed by atoms with Crippen molar-refractivity contribution in [1.82, 2.24) is 29.2 Å². The number of likely N-dealkylation sites (tertiary alicyclic amines) is 1. The first-order chi connectivity index (χ1) is 18.3. The molecule has 0 unspecified atom stereocenters. The van der Waals surface area contributed by atoms with Gasteiger partial charge in [0.15, 0.2) is 5.52 Å². The number of thiophene rings is 1. The standard InChI is InChI=1S/C27H28ClN7O2S.2ClH/c1-33-24(18-4-2-17(13-29)3-5-18)22-23(32-33)26(36)35(16-31-22)15-27(37)7-10-34(11-8-27)14-19-12-21-25(38-19)20(28)6-9-30-21;;/h2-6,9,12,16,37H,7-8,10-11,13-15,29H2,1H3;2*1H. The first-order valence-electron chi connectivity index (χ1n) is 12.5. The van der Waals surface area contributed by atoms with Crippen LogP contribution in [0.1, 0.15) is 23.3 Å². The van der Waals surface area contributed by atoms with Gasteiger partial charge in [-0.3, -0.25) is 23.9 Å². The van der Waals surface area contributed by atoms with Crippen molar-refractivity contribution in [3.05, 3.63) is 74.7 Å². The number of nitrogens with zero attached hydrogens (tertiary/aromatic N) is 6. The van der Waals surface area contributed by atoms with E-state index in [0.717, 1.165) is 51.7 Å². The highest BCUT2D eigenvalue weighted by atomic mass is 35.5. The molecule has 0 bridgehead atoms. The molecule has 1 aliphatic rings. The second-order valence-electron chi connectivity index (χ2n) is 9.97. The van der Waals surface area contributed by atoms with E-state index in [1.807, 2.05) is 37.4 Å². The lowest BCUT2D eigenvalue weighted by Crippen LogP contribution is -2.47. The number of pyridine rings is 1. The highest BCUT2D eigenvalue weighted by Crippen LogP contribution is 2.32. The molecule has 1 saturated heterocycles. The number of piperidine rings is 1. The molecular weight excluding hydrogens is 593 g/mol. The number of nitrogens with two attached hydrogens (primary N) is 1. The number of hydrogen-bond donors (Lipinski definition) is 2. The Morgan fingerprint density at radius 2 is 1.82 bits per heavy atom. The van der Waals surface area contributed by atoms with Crippen molar-refractivity contribution in [3.8, 4) is 11.3 Å². The van der Waals surface area contributed by atoms with Gasteiger partial charge in [0.1, 0.15) is 5.52 Å². The largest absolute Gasteiger partial charge is 0.388 e. The van der Waals surface area contributed by atoms with E-state index in [9.17, 15) is 9.90 Å². The molecule has 1 fully saturated rings. The molecule has 4 aromatic heterocycles. The molecule has 0 radical (unpaired) electrons. The number of rotatable bonds is 6. The van der Waals surface area contributed by atoms with Gasteiger partial charge < -0.3 is 10.8 Å². The summed E-state index contributed by atoms with van der Waals surface area (Å²) >= 11 is 7.97. The smallest absolute Gasteiger partial charge is 0.281 e. The number of benzene rings is 1. The maximum Gasteiger partial charge on any atom is 0.281 e. The fourth-order valence-electron chi connectivity index (χ4n) is 5.19. The van der Waals surface area contributed by atoms with Crippen molar-refractivity contribution in [1.29, 1.82) is 0 Å². The van der Waals surface area contributed by atoms with Crippen LogP contribution in [0.2, 0.25) is 5.02 Å². The molecule has 0 amide bonds. The van der Waals surface area contributed by atoms with Crippen LogP contribution < -0.4 is 11.3 Å². The van der Waals surface area contributed by atoms with Gasteiger partial charge in [-0.1, -0.05) is 35.9 Å². The Hall–Kier alpha value is -2.57. The summed E-state index contributed by atoms with van der Waals surface area (Å²) in [4.78, 5) is 25.9.